The lowest BCUT2D eigenvalue weighted by molar-refractivity contribution is 0.0689. The molecule has 6 nitrogen and oxygen atoms in total. The zero-order valence-electron chi connectivity index (χ0n) is 11.4. The van der Waals surface area contributed by atoms with Gasteiger partial charge in [0, 0.05) is 16.7 Å². The molecule has 0 fully saturated rings. The lowest BCUT2D eigenvalue weighted by Gasteiger charge is -2.20. The lowest BCUT2D eigenvalue weighted by atomic mass is 9.82. The Labute approximate surface area is 124 Å². The number of ketones is 2. The summed E-state index contributed by atoms with van der Waals surface area (Å²) in [5.41, 5.74) is -0.562. The molecule has 2 aromatic rings. The van der Waals surface area contributed by atoms with Crippen molar-refractivity contribution in [2.75, 3.05) is 7.11 Å². The monoisotopic (exact) mass is 298 g/mol. The second-order valence-corrected chi connectivity index (χ2v) is 4.73. The fourth-order valence-corrected chi connectivity index (χ4v) is 2.58. The summed E-state index contributed by atoms with van der Waals surface area (Å²) >= 11 is 0. The standard InChI is InChI=1S/C16H10O6/c1-22-10-6-9-11(15(19)12(10)16(20)21)14(18)8-5-3-2-4-7(8)13(9)17/h2-6,19H,1H3,(H,20,21). The molecule has 110 valence electrons. The largest absolute Gasteiger partial charge is 0.506 e. The molecule has 0 heterocycles. The highest BCUT2D eigenvalue weighted by atomic mass is 16.5. The minimum Gasteiger partial charge on any atom is -0.506 e. The van der Waals surface area contributed by atoms with Crippen LogP contribution in [0.4, 0.5) is 0 Å². The number of aromatic hydroxyl groups is 1. The zero-order valence-corrected chi connectivity index (χ0v) is 11.4. The van der Waals surface area contributed by atoms with Gasteiger partial charge in [0.1, 0.15) is 17.1 Å². The van der Waals surface area contributed by atoms with Gasteiger partial charge in [-0.15, -0.1) is 0 Å². The van der Waals surface area contributed by atoms with Gasteiger partial charge in [0.05, 0.1) is 12.7 Å². The highest BCUT2D eigenvalue weighted by molar-refractivity contribution is 6.30. The van der Waals surface area contributed by atoms with Crippen molar-refractivity contribution in [3.05, 3.63) is 58.1 Å². The number of carbonyl (C=O) groups excluding carboxylic acids is 2. The van der Waals surface area contributed by atoms with Crippen molar-refractivity contribution in [3.8, 4) is 11.5 Å². The van der Waals surface area contributed by atoms with E-state index in [2.05, 4.69) is 0 Å². The number of benzene rings is 2. The number of carboxylic acids is 1. The van der Waals surface area contributed by atoms with Crippen LogP contribution in [0.3, 0.4) is 0 Å². The molecule has 0 radical (unpaired) electrons. The van der Waals surface area contributed by atoms with Crippen molar-refractivity contribution in [2.24, 2.45) is 0 Å². The highest BCUT2D eigenvalue weighted by Crippen LogP contribution is 2.39. The number of fused-ring (bicyclic) bond motifs is 2. The van der Waals surface area contributed by atoms with Gasteiger partial charge >= 0.3 is 5.97 Å². The third-order valence-electron chi connectivity index (χ3n) is 3.59. The van der Waals surface area contributed by atoms with Gasteiger partial charge in [-0.25, -0.2) is 4.79 Å². The molecule has 6 heteroatoms. The third-order valence-corrected chi connectivity index (χ3v) is 3.59. The summed E-state index contributed by atoms with van der Waals surface area (Å²) in [5, 5.41) is 19.4. The number of phenols is 1. The van der Waals surface area contributed by atoms with E-state index in [1.54, 1.807) is 12.1 Å². The molecule has 0 amide bonds. The van der Waals surface area contributed by atoms with Gasteiger partial charge in [-0.1, -0.05) is 24.3 Å². The number of carboxylic acid groups (broad SMARTS) is 1. The van der Waals surface area contributed by atoms with Crippen LogP contribution in [0.5, 0.6) is 11.5 Å². The molecule has 2 N–H and O–H groups in total. The molecular weight excluding hydrogens is 288 g/mol. The SMILES string of the molecule is COc1cc2c(c(O)c1C(=O)O)C(=O)c1ccccc1C2=O. The van der Waals surface area contributed by atoms with Crippen molar-refractivity contribution < 1.29 is 29.3 Å². The minimum absolute atomic E-state index is 0.0666. The molecule has 0 bridgehead atoms. The maximum atomic E-state index is 12.5. The first-order chi connectivity index (χ1) is 10.5. The maximum Gasteiger partial charge on any atom is 0.343 e. The average Bonchev–Trinajstić information content (AvgIpc) is 2.51. The summed E-state index contributed by atoms with van der Waals surface area (Å²) in [6.07, 6.45) is 0. The Kier molecular flexibility index (Phi) is 2.95. The number of hydrogen-bond donors (Lipinski definition) is 2. The number of rotatable bonds is 2. The fourth-order valence-electron chi connectivity index (χ4n) is 2.58. The molecule has 3 rings (SSSR count). The lowest BCUT2D eigenvalue weighted by Crippen LogP contribution is -2.22. The molecule has 0 spiro atoms. The predicted octanol–water partition coefficient (Wildman–Crippen LogP) is 1.87. The zero-order chi connectivity index (χ0) is 16.0. The number of methoxy groups -OCH3 is 1. The molecule has 0 saturated heterocycles. The Bertz CT molecular complexity index is 850. The van der Waals surface area contributed by atoms with Gasteiger partial charge < -0.3 is 14.9 Å². The Morgan fingerprint density at radius 1 is 1.05 bits per heavy atom. The first-order valence-corrected chi connectivity index (χ1v) is 6.33. The van der Waals surface area contributed by atoms with Gasteiger partial charge in [-0.05, 0) is 6.07 Å². The predicted molar refractivity (Wildman–Crippen MR) is 74.9 cm³/mol. The van der Waals surface area contributed by atoms with E-state index in [9.17, 15) is 24.6 Å². The van der Waals surface area contributed by atoms with E-state index in [1.165, 1.54) is 25.3 Å². The summed E-state index contributed by atoms with van der Waals surface area (Å²) in [6, 6.07) is 7.36. The van der Waals surface area contributed by atoms with E-state index in [0.717, 1.165) is 0 Å². The van der Waals surface area contributed by atoms with Crippen LogP contribution in [-0.2, 0) is 0 Å². The van der Waals surface area contributed by atoms with E-state index < -0.39 is 28.8 Å². The molecule has 0 aliphatic heterocycles. The summed E-state index contributed by atoms with van der Waals surface area (Å²) in [5.74, 6) is -3.43. The van der Waals surface area contributed by atoms with Crippen molar-refractivity contribution in [3.63, 3.8) is 0 Å². The highest BCUT2D eigenvalue weighted by Gasteiger charge is 2.35. The molecule has 2 aromatic carbocycles. The van der Waals surface area contributed by atoms with Crippen molar-refractivity contribution in [1.29, 1.82) is 0 Å². The van der Waals surface area contributed by atoms with Crippen molar-refractivity contribution >= 4 is 17.5 Å². The molecule has 22 heavy (non-hydrogen) atoms. The molecule has 0 unspecified atom stereocenters. The smallest absolute Gasteiger partial charge is 0.343 e. The number of hydrogen-bond acceptors (Lipinski definition) is 5. The number of carbonyl (C=O) groups is 3. The molecule has 1 aliphatic carbocycles. The van der Waals surface area contributed by atoms with Gasteiger partial charge in [0.2, 0.25) is 0 Å². The summed E-state index contributed by atoms with van der Waals surface area (Å²) in [6.45, 7) is 0. The quantitative estimate of drug-likeness (QED) is 0.749. The van der Waals surface area contributed by atoms with Gasteiger partial charge in [-0.3, -0.25) is 9.59 Å². The van der Waals surface area contributed by atoms with E-state index in [-0.39, 0.29) is 28.0 Å². The summed E-state index contributed by atoms with van der Waals surface area (Å²) < 4.78 is 4.92. The maximum absolute atomic E-state index is 12.5. The molecule has 0 aromatic heterocycles. The van der Waals surface area contributed by atoms with Crippen molar-refractivity contribution in [2.45, 2.75) is 0 Å². The van der Waals surface area contributed by atoms with Crippen LogP contribution in [-0.4, -0.2) is 34.9 Å². The van der Waals surface area contributed by atoms with Gasteiger partial charge in [-0.2, -0.15) is 0 Å². The Morgan fingerprint density at radius 2 is 1.64 bits per heavy atom. The van der Waals surface area contributed by atoms with E-state index in [4.69, 9.17) is 4.74 Å². The van der Waals surface area contributed by atoms with Gasteiger partial charge in [0.25, 0.3) is 0 Å². The van der Waals surface area contributed by atoms with E-state index in [1.807, 2.05) is 0 Å². The Hall–Kier alpha value is -3.15. The molecule has 1 aliphatic rings. The first-order valence-electron chi connectivity index (χ1n) is 6.33. The van der Waals surface area contributed by atoms with Gasteiger partial charge in [0.15, 0.2) is 11.6 Å². The number of aromatic carboxylic acids is 1. The fraction of sp³-hybridized carbons (Fsp3) is 0.0625. The third kappa shape index (κ3) is 1.70. The topological polar surface area (TPSA) is 101 Å². The van der Waals surface area contributed by atoms with Crippen LogP contribution >= 0.6 is 0 Å². The van der Waals surface area contributed by atoms with Crippen LogP contribution < -0.4 is 4.74 Å². The van der Waals surface area contributed by atoms with Crippen LogP contribution in [0.25, 0.3) is 0 Å². The second kappa shape index (κ2) is 4.70. The van der Waals surface area contributed by atoms with Crippen LogP contribution in [0.2, 0.25) is 0 Å². The Morgan fingerprint density at radius 3 is 2.18 bits per heavy atom. The molecule has 0 saturated carbocycles. The Balaban J connectivity index is 2.39. The van der Waals surface area contributed by atoms with E-state index in [0.29, 0.717) is 0 Å². The van der Waals surface area contributed by atoms with Crippen LogP contribution in [0, 0.1) is 0 Å². The average molecular weight is 298 g/mol. The summed E-state index contributed by atoms with van der Waals surface area (Å²) in [4.78, 5) is 36.3. The molecular formula is C16H10O6. The minimum atomic E-state index is -1.45. The van der Waals surface area contributed by atoms with Crippen LogP contribution in [0.1, 0.15) is 42.2 Å². The van der Waals surface area contributed by atoms with E-state index >= 15 is 0 Å². The van der Waals surface area contributed by atoms with Crippen LogP contribution in [0.15, 0.2) is 30.3 Å². The van der Waals surface area contributed by atoms with Crippen molar-refractivity contribution in [1.82, 2.24) is 0 Å². The molecule has 0 atom stereocenters. The normalized spacial score (nSPS) is 12.6. The summed E-state index contributed by atoms with van der Waals surface area (Å²) in [7, 11) is 1.22. The second-order valence-electron chi connectivity index (χ2n) is 4.73. The number of ether oxygens (including phenoxy) is 1. The first kappa shape index (κ1) is 13.8.